The summed E-state index contributed by atoms with van der Waals surface area (Å²) in [5.41, 5.74) is 0. The normalized spacial score (nSPS) is 10.5. The van der Waals surface area contributed by atoms with Crippen molar-refractivity contribution >= 4 is 11.6 Å². The van der Waals surface area contributed by atoms with Gasteiger partial charge in [0, 0.05) is 19.2 Å². The number of methoxy groups -OCH3 is 1. The maximum Gasteiger partial charge on any atom is 0.224 e. The molecular formula is C12H9ClF2N2O2. The second-order valence-corrected chi connectivity index (χ2v) is 3.94. The molecule has 0 bridgehead atoms. The van der Waals surface area contributed by atoms with Gasteiger partial charge >= 0.3 is 0 Å². The fourth-order valence-corrected chi connectivity index (χ4v) is 1.55. The Morgan fingerprint density at radius 2 is 2.00 bits per heavy atom. The van der Waals surface area contributed by atoms with Crippen molar-refractivity contribution in [1.82, 2.24) is 9.97 Å². The Morgan fingerprint density at radius 3 is 2.68 bits per heavy atom. The van der Waals surface area contributed by atoms with Gasteiger partial charge in [0.05, 0.1) is 0 Å². The second-order valence-electron chi connectivity index (χ2n) is 3.55. The lowest BCUT2D eigenvalue weighted by atomic mass is 10.3. The molecule has 1 aromatic carbocycles. The third-order valence-electron chi connectivity index (χ3n) is 2.10. The fraction of sp³-hybridized carbons (Fsp3) is 0.167. The average molecular weight is 287 g/mol. The van der Waals surface area contributed by atoms with Crippen LogP contribution in [0.3, 0.4) is 0 Å². The second kappa shape index (κ2) is 5.90. The van der Waals surface area contributed by atoms with E-state index in [1.165, 1.54) is 13.2 Å². The summed E-state index contributed by atoms with van der Waals surface area (Å²) < 4.78 is 36.2. The predicted octanol–water partition coefficient (Wildman–Crippen LogP) is 3.35. The number of benzene rings is 1. The van der Waals surface area contributed by atoms with Crippen LogP contribution >= 0.6 is 11.6 Å². The summed E-state index contributed by atoms with van der Waals surface area (Å²) in [5, 5.41) is 0.138. The molecule has 0 unspecified atom stereocenters. The van der Waals surface area contributed by atoms with E-state index in [-0.39, 0.29) is 23.4 Å². The van der Waals surface area contributed by atoms with Gasteiger partial charge in [-0.15, -0.1) is 0 Å². The van der Waals surface area contributed by atoms with Gasteiger partial charge in [-0.2, -0.15) is 4.98 Å². The number of hydrogen-bond acceptors (Lipinski definition) is 4. The highest BCUT2D eigenvalue weighted by Crippen LogP contribution is 2.25. The van der Waals surface area contributed by atoms with Crippen LogP contribution < -0.4 is 4.74 Å². The molecule has 0 saturated heterocycles. The molecule has 0 radical (unpaired) electrons. The Bertz CT molecular complexity index is 596. The predicted molar refractivity (Wildman–Crippen MR) is 64.2 cm³/mol. The largest absolute Gasteiger partial charge is 0.436 e. The van der Waals surface area contributed by atoms with Gasteiger partial charge in [-0.1, -0.05) is 11.6 Å². The van der Waals surface area contributed by atoms with Crippen LogP contribution in [0, 0.1) is 11.6 Å². The lowest BCUT2D eigenvalue weighted by molar-refractivity contribution is 0.177. The molecule has 0 atom stereocenters. The lowest BCUT2D eigenvalue weighted by Gasteiger charge is -2.07. The average Bonchev–Trinajstić information content (AvgIpc) is 2.32. The number of hydrogen-bond donors (Lipinski definition) is 0. The van der Waals surface area contributed by atoms with Crippen LogP contribution in [-0.4, -0.2) is 17.1 Å². The van der Waals surface area contributed by atoms with Crippen LogP contribution in [0.2, 0.25) is 5.15 Å². The van der Waals surface area contributed by atoms with Crippen molar-refractivity contribution in [3.05, 3.63) is 46.9 Å². The summed E-state index contributed by atoms with van der Waals surface area (Å²) in [7, 11) is 1.48. The van der Waals surface area contributed by atoms with Gasteiger partial charge in [-0.25, -0.2) is 13.8 Å². The Morgan fingerprint density at radius 1 is 1.21 bits per heavy atom. The van der Waals surface area contributed by atoms with Crippen LogP contribution in [0.5, 0.6) is 11.6 Å². The zero-order chi connectivity index (χ0) is 13.8. The van der Waals surface area contributed by atoms with Gasteiger partial charge in [-0.3, -0.25) is 0 Å². The first-order chi connectivity index (χ1) is 9.08. The molecular weight excluding hydrogens is 278 g/mol. The highest BCUT2D eigenvalue weighted by atomic mass is 35.5. The van der Waals surface area contributed by atoms with Crippen molar-refractivity contribution in [1.29, 1.82) is 0 Å². The van der Waals surface area contributed by atoms with E-state index in [1.807, 2.05) is 0 Å². The molecule has 0 N–H and O–H groups in total. The lowest BCUT2D eigenvalue weighted by Crippen LogP contribution is -2.00. The van der Waals surface area contributed by atoms with E-state index in [4.69, 9.17) is 21.1 Å². The highest BCUT2D eigenvalue weighted by molar-refractivity contribution is 6.29. The molecule has 2 aromatic rings. The molecule has 0 aliphatic carbocycles. The Labute approximate surface area is 113 Å². The van der Waals surface area contributed by atoms with Crippen LogP contribution in [0.15, 0.2) is 24.3 Å². The molecule has 0 aliphatic rings. The molecule has 4 nitrogen and oxygen atoms in total. The van der Waals surface area contributed by atoms with Gasteiger partial charge in [0.15, 0.2) is 17.4 Å². The van der Waals surface area contributed by atoms with Crippen molar-refractivity contribution in [2.45, 2.75) is 6.61 Å². The number of ether oxygens (including phenoxy) is 2. The van der Waals surface area contributed by atoms with Crippen LogP contribution in [0.25, 0.3) is 0 Å². The van der Waals surface area contributed by atoms with Gasteiger partial charge in [-0.05, 0) is 12.1 Å². The first kappa shape index (κ1) is 13.6. The van der Waals surface area contributed by atoms with Gasteiger partial charge in [0.2, 0.25) is 5.88 Å². The van der Waals surface area contributed by atoms with Crippen molar-refractivity contribution in [3.8, 4) is 11.6 Å². The maximum atomic E-state index is 13.4. The minimum absolute atomic E-state index is 0.0533. The SMILES string of the molecule is COCc1nc(Cl)cc(Oc2ccc(F)cc2F)n1. The third kappa shape index (κ3) is 3.59. The minimum atomic E-state index is -0.831. The summed E-state index contributed by atoms with van der Waals surface area (Å²) in [6.07, 6.45) is 0. The Hall–Kier alpha value is -1.79. The maximum absolute atomic E-state index is 13.4. The monoisotopic (exact) mass is 286 g/mol. The van der Waals surface area contributed by atoms with E-state index in [2.05, 4.69) is 9.97 Å². The number of rotatable bonds is 4. The van der Waals surface area contributed by atoms with Crippen molar-refractivity contribution < 1.29 is 18.3 Å². The molecule has 100 valence electrons. The van der Waals surface area contributed by atoms with Gasteiger partial charge < -0.3 is 9.47 Å². The molecule has 0 fully saturated rings. The molecule has 1 aromatic heterocycles. The van der Waals surface area contributed by atoms with Gasteiger partial charge in [0.25, 0.3) is 0 Å². The summed E-state index contributed by atoms with van der Waals surface area (Å²) >= 11 is 5.78. The molecule has 7 heteroatoms. The fourth-order valence-electron chi connectivity index (χ4n) is 1.36. The number of halogens is 3. The number of aromatic nitrogens is 2. The smallest absolute Gasteiger partial charge is 0.224 e. The van der Waals surface area contributed by atoms with E-state index >= 15 is 0 Å². The summed E-state index contributed by atoms with van der Waals surface area (Å²) in [6.45, 7) is 0.142. The van der Waals surface area contributed by atoms with E-state index in [0.717, 1.165) is 12.1 Å². The van der Waals surface area contributed by atoms with E-state index in [0.29, 0.717) is 11.9 Å². The van der Waals surface area contributed by atoms with E-state index < -0.39 is 11.6 Å². The summed E-state index contributed by atoms with van der Waals surface area (Å²) in [5.74, 6) is -1.32. The topological polar surface area (TPSA) is 44.2 Å². The van der Waals surface area contributed by atoms with Crippen molar-refractivity contribution in [3.63, 3.8) is 0 Å². The number of nitrogens with zero attached hydrogens (tertiary/aromatic N) is 2. The van der Waals surface area contributed by atoms with E-state index in [1.54, 1.807) is 0 Å². The molecule has 0 amide bonds. The molecule has 0 spiro atoms. The van der Waals surface area contributed by atoms with E-state index in [9.17, 15) is 8.78 Å². The molecule has 2 rings (SSSR count). The standard InChI is InChI=1S/C12H9ClF2N2O2/c1-18-6-11-16-10(13)5-12(17-11)19-9-3-2-7(14)4-8(9)15/h2-5H,6H2,1H3. The third-order valence-corrected chi connectivity index (χ3v) is 2.29. The molecule has 19 heavy (non-hydrogen) atoms. The van der Waals surface area contributed by atoms with Crippen LogP contribution in [0.4, 0.5) is 8.78 Å². The Balaban J connectivity index is 2.27. The minimum Gasteiger partial charge on any atom is -0.436 e. The molecule has 0 saturated carbocycles. The van der Waals surface area contributed by atoms with Crippen LogP contribution in [0.1, 0.15) is 5.82 Å². The van der Waals surface area contributed by atoms with Crippen molar-refractivity contribution in [2.75, 3.05) is 7.11 Å². The zero-order valence-electron chi connectivity index (χ0n) is 9.86. The van der Waals surface area contributed by atoms with Crippen molar-refractivity contribution in [2.24, 2.45) is 0 Å². The Kier molecular flexibility index (Phi) is 4.24. The summed E-state index contributed by atoms with van der Waals surface area (Å²) in [4.78, 5) is 7.88. The first-order valence-electron chi connectivity index (χ1n) is 5.24. The first-order valence-corrected chi connectivity index (χ1v) is 5.61. The van der Waals surface area contributed by atoms with Gasteiger partial charge in [0.1, 0.15) is 17.6 Å². The van der Waals surface area contributed by atoms with Crippen LogP contribution in [-0.2, 0) is 11.3 Å². The highest BCUT2D eigenvalue weighted by Gasteiger charge is 2.09. The zero-order valence-corrected chi connectivity index (χ0v) is 10.6. The summed E-state index contributed by atoms with van der Waals surface area (Å²) in [6, 6.07) is 4.28. The molecule has 1 heterocycles. The quantitative estimate of drug-likeness (QED) is 0.809. The molecule has 0 aliphatic heterocycles.